The molecule has 0 radical (unpaired) electrons. The minimum Gasteiger partial charge on any atom is -0.477 e. The Morgan fingerprint density at radius 3 is 1.84 bits per heavy atom. The Bertz CT molecular complexity index is 1050. The van der Waals surface area contributed by atoms with Crippen molar-refractivity contribution in [1.82, 2.24) is 0 Å². The second kappa shape index (κ2) is 9.50. The van der Waals surface area contributed by atoms with E-state index in [2.05, 4.69) is 9.47 Å². The summed E-state index contributed by atoms with van der Waals surface area (Å²) in [6.45, 7) is 0.342. The highest BCUT2D eigenvalue weighted by molar-refractivity contribution is 5.65. The minimum absolute atomic E-state index is 0.177. The molecule has 0 amide bonds. The zero-order valence-electron chi connectivity index (χ0n) is 16.7. The molecule has 2 nitrogen and oxygen atoms in total. The molecule has 0 heterocycles. The predicted octanol–water partition coefficient (Wildman–Crippen LogP) is 7.05. The number of hydrogen-bond donors (Lipinski definition) is 0. The highest BCUT2D eigenvalue weighted by Gasteiger charge is 2.35. The molecular formula is C23H17F7O2. The lowest BCUT2D eigenvalue weighted by molar-refractivity contribution is -0.196. The van der Waals surface area contributed by atoms with Crippen LogP contribution in [-0.4, -0.2) is 12.7 Å². The summed E-state index contributed by atoms with van der Waals surface area (Å²) in [5, 5.41) is 0. The van der Waals surface area contributed by atoms with Crippen LogP contribution in [0.3, 0.4) is 0 Å². The van der Waals surface area contributed by atoms with Crippen LogP contribution in [0, 0.1) is 29.1 Å². The Kier molecular flexibility index (Phi) is 6.96. The first kappa shape index (κ1) is 23.4. The third-order valence-corrected chi connectivity index (χ3v) is 4.43. The Labute approximate surface area is 179 Å². The van der Waals surface area contributed by atoms with E-state index in [0.717, 1.165) is 30.5 Å². The van der Waals surface area contributed by atoms with E-state index in [4.69, 9.17) is 0 Å². The largest absolute Gasteiger partial charge is 0.477 e. The minimum atomic E-state index is -4.23. The summed E-state index contributed by atoms with van der Waals surface area (Å²) in [6.07, 6.45) is -2.44. The number of ether oxygens (including phenoxy) is 2. The summed E-state index contributed by atoms with van der Waals surface area (Å²) in [5.41, 5.74) is 1.75. The van der Waals surface area contributed by atoms with E-state index in [9.17, 15) is 30.7 Å². The van der Waals surface area contributed by atoms with Crippen LogP contribution in [0.2, 0.25) is 0 Å². The van der Waals surface area contributed by atoms with Gasteiger partial charge in [0.05, 0.1) is 0 Å². The SMILES string of the molecule is CCCc1ccc(-c2cc(F)c(OCC(F)(F)Oc3cc(F)c(F)c(F)c3)c(F)c2)cc1. The number of halogens is 7. The van der Waals surface area contributed by atoms with E-state index in [-0.39, 0.29) is 17.7 Å². The first-order valence-corrected chi connectivity index (χ1v) is 9.52. The second-order valence-corrected chi connectivity index (χ2v) is 6.94. The first-order valence-electron chi connectivity index (χ1n) is 9.52. The van der Waals surface area contributed by atoms with Gasteiger partial charge in [-0.25, -0.2) is 22.0 Å². The van der Waals surface area contributed by atoms with E-state index in [1.807, 2.05) is 19.1 Å². The van der Waals surface area contributed by atoms with E-state index in [1.165, 1.54) is 0 Å². The van der Waals surface area contributed by atoms with Crippen molar-refractivity contribution in [3.05, 3.63) is 83.2 Å². The number of hydrogen-bond acceptors (Lipinski definition) is 2. The molecule has 0 unspecified atom stereocenters. The zero-order valence-corrected chi connectivity index (χ0v) is 16.7. The highest BCUT2D eigenvalue weighted by Crippen LogP contribution is 2.31. The van der Waals surface area contributed by atoms with Gasteiger partial charge in [-0.15, -0.1) is 0 Å². The van der Waals surface area contributed by atoms with Gasteiger partial charge in [0.1, 0.15) is 5.75 Å². The standard InChI is InChI=1S/C23H17F7O2/c1-2-3-13-4-6-14(7-5-13)15-8-19(26)22(20(27)9-15)31-12-23(29,30)32-16-10-17(24)21(28)18(25)11-16/h4-11H,2-3,12H2,1H3. The molecule has 0 aliphatic carbocycles. The summed E-state index contributed by atoms with van der Waals surface area (Å²) >= 11 is 0. The average Bonchev–Trinajstić information content (AvgIpc) is 2.71. The Hall–Kier alpha value is -3.23. The molecule has 3 aromatic rings. The molecule has 0 fully saturated rings. The van der Waals surface area contributed by atoms with Gasteiger partial charge in [-0.2, -0.15) is 8.78 Å². The van der Waals surface area contributed by atoms with E-state index < -0.39 is 53.3 Å². The van der Waals surface area contributed by atoms with Gasteiger partial charge in [0.25, 0.3) is 0 Å². The van der Waals surface area contributed by atoms with Crippen LogP contribution in [0.5, 0.6) is 11.5 Å². The highest BCUT2D eigenvalue weighted by atomic mass is 19.3. The van der Waals surface area contributed by atoms with Crippen molar-refractivity contribution in [3.8, 4) is 22.6 Å². The average molecular weight is 458 g/mol. The molecule has 0 aromatic heterocycles. The summed E-state index contributed by atoms with van der Waals surface area (Å²) in [5.74, 6) is -9.91. The molecule has 3 aromatic carbocycles. The molecule has 0 bridgehead atoms. The van der Waals surface area contributed by atoms with Crippen molar-refractivity contribution >= 4 is 0 Å². The monoisotopic (exact) mass is 458 g/mol. The van der Waals surface area contributed by atoms with Crippen molar-refractivity contribution < 1.29 is 40.2 Å². The van der Waals surface area contributed by atoms with Gasteiger partial charge in [-0.05, 0) is 35.2 Å². The third-order valence-electron chi connectivity index (χ3n) is 4.43. The summed E-state index contributed by atoms with van der Waals surface area (Å²) in [7, 11) is 0. The molecule has 0 saturated heterocycles. The number of alkyl halides is 2. The summed E-state index contributed by atoms with van der Waals surface area (Å²) in [6, 6.07) is 9.26. The Balaban J connectivity index is 1.73. The lowest BCUT2D eigenvalue weighted by atomic mass is 10.0. The van der Waals surface area contributed by atoms with Gasteiger partial charge in [0.2, 0.25) is 0 Å². The molecule has 0 spiro atoms. The summed E-state index contributed by atoms with van der Waals surface area (Å²) < 4.78 is 104. The normalized spacial score (nSPS) is 11.5. The lowest BCUT2D eigenvalue weighted by Gasteiger charge is -2.19. The van der Waals surface area contributed by atoms with Crippen molar-refractivity contribution in [2.24, 2.45) is 0 Å². The van der Waals surface area contributed by atoms with E-state index in [1.54, 1.807) is 12.1 Å². The molecule has 0 saturated carbocycles. The first-order chi connectivity index (χ1) is 15.1. The smallest absolute Gasteiger partial charge is 0.433 e. The van der Waals surface area contributed by atoms with Crippen LogP contribution in [0.4, 0.5) is 30.7 Å². The van der Waals surface area contributed by atoms with Crippen molar-refractivity contribution in [1.29, 1.82) is 0 Å². The van der Waals surface area contributed by atoms with Crippen LogP contribution in [0.25, 0.3) is 11.1 Å². The third kappa shape index (κ3) is 5.52. The van der Waals surface area contributed by atoms with Crippen molar-refractivity contribution in [2.75, 3.05) is 6.61 Å². The van der Waals surface area contributed by atoms with Crippen LogP contribution < -0.4 is 9.47 Å². The predicted molar refractivity (Wildman–Crippen MR) is 103 cm³/mol. The second-order valence-electron chi connectivity index (χ2n) is 6.94. The number of benzene rings is 3. The van der Waals surface area contributed by atoms with Crippen LogP contribution in [-0.2, 0) is 6.42 Å². The van der Waals surface area contributed by atoms with Crippen molar-refractivity contribution in [3.63, 3.8) is 0 Å². The maximum absolute atomic E-state index is 14.4. The molecule has 0 aliphatic rings. The number of aryl methyl sites for hydroxylation is 1. The fraction of sp³-hybridized carbons (Fsp3) is 0.217. The van der Waals surface area contributed by atoms with Crippen molar-refractivity contribution in [2.45, 2.75) is 25.9 Å². The van der Waals surface area contributed by atoms with Crippen LogP contribution in [0.15, 0.2) is 48.5 Å². The molecule has 9 heteroatoms. The maximum atomic E-state index is 14.4. The zero-order chi connectivity index (χ0) is 23.5. The van der Waals surface area contributed by atoms with Gasteiger partial charge in [-0.1, -0.05) is 37.6 Å². The molecule has 0 aliphatic heterocycles. The quantitative estimate of drug-likeness (QED) is 0.266. The Morgan fingerprint density at radius 1 is 0.750 bits per heavy atom. The molecule has 0 atom stereocenters. The topological polar surface area (TPSA) is 18.5 Å². The Morgan fingerprint density at radius 2 is 1.31 bits per heavy atom. The van der Waals surface area contributed by atoms with Crippen LogP contribution in [0.1, 0.15) is 18.9 Å². The molecule has 3 rings (SSSR count). The van der Waals surface area contributed by atoms with E-state index in [0.29, 0.717) is 5.56 Å². The molecular weight excluding hydrogens is 441 g/mol. The van der Waals surface area contributed by atoms with Gasteiger partial charge < -0.3 is 9.47 Å². The number of rotatable bonds is 8. The van der Waals surface area contributed by atoms with Gasteiger partial charge >= 0.3 is 6.11 Å². The fourth-order valence-electron chi connectivity index (χ4n) is 2.97. The lowest BCUT2D eigenvalue weighted by Crippen LogP contribution is -2.33. The van der Waals surface area contributed by atoms with Crippen LogP contribution >= 0.6 is 0 Å². The molecule has 170 valence electrons. The summed E-state index contributed by atoms with van der Waals surface area (Å²) in [4.78, 5) is 0. The van der Waals surface area contributed by atoms with Gasteiger partial charge in [-0.3, -0.25) is 0 Å². The van der Waals surface area contributed by atoms with E-state index >= 15 is 0 Å². The molecule has 32 heavy (non-hydrogen) atoms. The fourth-order valence-corrected chi connectivity index (χ4v) is 2.97. The van der Waals surface area contributed by atoms with Gasteiger partial charge in [0, 0.05) is 12.1 Å². The van der Waals surface area contributed by atoms with Gasteiger partial charge in [0.15, 0.2) is 41.4 Å². The molecule has 0 N–H and O–H groups in total. The maximum Gasteiger partial charge on any atom is 0.433 e.